The van der Waals surface area contributed by atoms with E-state index in [-0.39, 0.29) is 5.91 Å². The van der Waals surface area contributed by atoms with Gasteiger partial charge in [-0.05, 0) is 48.8 Å². The second kappa shape index (κ2) is 6.57. The van der Waals surface area contributed by atoms with Crippen LogP contribution in [-0.2, 0) is 12.8 Å². The van der Waals surface area contributed by atoms with Crippen LogP contribution in [0.5, 0.6) is 0 Å². The van der Waals surface area contributed by atoms with E-state index in [0.29, 0.717) is 5.92 Å². The number of amides is 1. The fraction of sp³-hybridized carbons (Fsp3) is 0.316. The summed E-state index contributed by atoms with van der Waals surface area (Å²) in [5, 5.41) is 3.03. The standard InChI is InChI=1S/C19H21NO/c21-19-18-9-5-4-8-17(18)14-16(12-13-20-19)11-10-15-6-2-1-3-7-15/h1-9,16H,10-14H2,(H,20,21)/t16-/m0/s1. The number of aryl methyl sites for hydroxylation is 1. The summed E-state index contributed by atoms with van der Waals surface area (Å²) in [6.45, 7) is 0.784. The van der Waals surface area contributed by atoms with Gasteiger partial charge in [0.05, 0.1) is 0 Å². The van der Waals surface area contributed by atoms with Crippen molar-refractivity contribution in [2.24, 2.45) is 5.92 Å². The SMILES string of the molecule is O=C1NCC[C@H](CCc2ccccc2)Cc2ccccc21. The van der Waals surface area contributed by atoms with Crippen LogP contribution >= 0.6 is 0 Å². The van der Waals surface area contributed by atoms with E-state index in [2.05, 4.69) is 41.7 Å². The van der Waals surface area contributed by atoms with Gasteiger partial charge in [-0.15, -0.1) is 0 Å². The maximum Gasteiger partial charge on any atom is 0.251 e. The molecule has 1 atom stereocenters. The number of carbonyl (C=O) groups is 1. The molecule has 108 valence electrons. The molecule has 2 aromatic rings. The Balaban J connectivity index is 1.70. The van der Waals surface area contributed by atoms with Gasteiger partial charge in [0.2, 0.25) is 0 Å². The molecule has 1 amide bonds. The lowest BCUT2D eigenvalue weighted by Gasteiger charge is -2.22. The van der Waals surface area contributed by atoms with Crippen LogP contribution < -0.4 is 5.32 Å². The molecule has 0 aliphatic carbocycles. The summed E-state index contributed by atoms with van der Waals surface area (Å²) in [7, 11) is 0. The van der Waals surface area contributed by atoms with Crippen molar-refractivity contribution in [3.63, 3.8) is 0 Å². The Morgan fingerprint density at radius 2 is 1.76 bits per heavy atom. The molecule has 0 fully saturated rings. The highest BCUT2D eigenvalue weighted by atomic mass is 16.1. The zero-order chi connectivity index (χ0) is 14.5. The lowest BCUT2D eigenvalue weighted by molar-refractivity contribution is 0.0946. The highest BCUT2D eigenvalue weighted by molar-refractivity contribution is 5.95. The lowest BCUT2D eigenvalue weighted by Crippen LogP contribution is -2.30. The highest BCUT2D eigenvalue weighted by Gasteiger charge is 2.19. The number of benzene rings is 2. The molecular formula is C19H21NO. The first kappa shape index (κ1) is 13.9. The Hall–Kier alpha value is -2.09. The smallest absolute Gasteiger partial charge is 0.251 e. The van der Waals surface area contributed by atoms with Crippen LogP contribution in [0.4, 0.5) is 0 Å². The van der Waals surface area contributed by atoms with Crippen LogP contribution in [0.2, 0.25) is 0 Å². The van der Waals surface area contributed by atoms with E-state index in [1.54, 1.807) is 0 Å². The zero-order valence-corrected chi connectivity index (χ0v) is 12.2. The van der Waals surface area contributed by atoms with E-state index in [1.807, 2.05) is 18.2 Å². The fourth-order valence-electron chi connectivity index (χ4n) is 3.08. The van der Waals surface area contributed by atoms with Gasteiger partial charge in [0.25, 0.3) is 5.91 Å². The molecule has 0 radical (unpaired) electrons. The van der Waals surface area contributed by atoms with Crippen molar-refractivity contribution >= 4 is 5.91 Å². The summed E-state index contributed by atoms with van der Waals surface area (Å²) in [5.74, 6) is 0.707. The second-order valence-corrected chi connectivity index (χ2v) is 5.80. The Labute approximate surface area is 126 Å². The topological polar surface area (TPSA) is 29.1 Å². The summed E-state index contributed by atoms with van der Waals surface area (Å²) in [6, 6.07) is 18.6. The number of fused-ring (bicyclic) bond motifs is 1. The van der Waals surface area contributed by atoms with E-state index in [9.17, 15) is 4.79 Å². The molecular weight excluding hydrogens is 258 g/mol. The first-order chi connectivity index (χ1) is 10.3. The molecule has 21 heavy (non-hydrogen) atoms. The van der Waals surface area contributed by atoms with Crippen molar-refractivity contribution in [3.8, 4) is 0 Å². The van der Waals surface area contributed by atoms with E-state index in [4.69, 9.17) is 0 Å². The zero-order valence-electron chi connectivity index (χ0n) is 12.2. The van der Waals surface area contributed by atoms with Gasteiger partial charge in [-0.2, -0.15) is 0 Å². The third kappa shape index (κ3) is 3.52. The molecule has 2 aromatic carbocycles. The van der Waals surface area contributed by atoms with Gasteiger partial charge >= 0.3 is 0 Å². The van der Waals surface area contributed by atoms with Crippen LogP contribution in [-0.4, -0.2) is 12.5 Å². The molecule has 3 rings (SSSR count). The van der Waals surface area contributed by atoms with Crippen molar-refractivity contribution in [1.82, 2.24) is 5.32 Å². The Morgan fingerprint density at radius 1 is 1.00 bits per heavy atom. The summed E-state index contributed by atoms with van der Waals surface area (Å²) in [5.41, 5.74) is 3.44. The highest BCUT2D eigenvalue weighted by Crippen LogP contribution is 2.22. The van der Waals surface area contributed by atoms with Gasteiger partial charge in [0.15, 0.2) is 0 Å². The molecule has 0 saturated carbocycles. The van der Waals surface area contributed by atoms with Crippen molar-refractivity contribution in [2.75, 3.05) is 6.54 Å². The van der Waals surface area contributed by atoms with E-state index in [0.717, 1.165) is 31.4 Å². The van der Waals surface area contributed by atoms with Gasteiger partial charge in [-0.25, -0.2) is 0 Å². The van der Waals surface area contributed by atoms with Gasteiger partial charge in [0, 0.05) is 12.1 Å². The van der Waals surface area contributed by atoms with Crippen molar-refractivity contribution < 1.29 is 4.79 Å². The van der Waals surface area contributed by atoms with Gasteiger partial charge in [0.1, 0.15) is 0 Å². The van der Waals surface area contributed by atoms with E-state index >= 15 is 0 Å². The fourth-order valence-corrected chi connectivity index (χ4v) is 3.08. The van der Waals surface area contributed by atoms with E-state index in [1.165, 1.54) is 17.5 Å². The van der Waals surface area contributed by atoms with Crippen LogP contribution in [0.1, 0.15) is 34.3 Å². The van der Waals surface area contributed by atoms with Crippen LogP contribution in [0.15, 0.2) is 54.6 Å². The van der Waals surface area contributed by atoms with Gasteiger partial charge < -0.3 is 5.32 Å². The van der Waals surface area contributed by atoms with Gasteiger partial charge in [-0.1, -0.05) is 48.5 Å². The molecule has 2 heteroatoms. The first-order valence-corrected chi connectivity index (χ1v) is 7.73. The predicted octanol–water partition coefficient (Wildman–Crippen LogP) is 3.61. The molecule has 0 aromatic heterocycles. The number of hydrogen-bond acceptors (Lipinski definition) is 1. The molecule has 1 heterocycles. The van der Waals surface area contributed by atoms with Crippen molar-refractivity contribution in [1.29, 1.82) is 0 Å². The first-order valence-electron chi connectivity index (χ1n) is 7.73. The Morgan fingerprint density at radius 3 is 2.62 bits per heavy atom. The number of carbonyl (C=O) groups excluding carboxylic acids is 1. The summed E-state index contributed by atoms with van der Waals surface area (Å²) < 4.78 is 0. The molecule has 2 nitrogen and oxygen atoms in total. The second-order valence-electron chi connectivity index (χ2n) is 5.80. The maximum absolute atomic E-state index is 12.0. The molecule has 0 saturated heterocycles. The number of hydrogen-bond donors (Lipinski definition) is 1. The molecule has 0 bridgehead atoms. The molecule has 1 aliphatic rings. The normalized spacial score (nSPS) is 18.3. The summed E-state index contributed by atoms with van der Waals surface area (Å²) >= 11 is 0. The number of nitrogens with one attached hydrogen (secondary N) is 1. The monoisotopic (exact) mass is 279 g/mol. The molecule has 0 spiro atoms. The summed E-state index contributed by atoms with van der Waals surface area (Å²) in [6.07, 6.45) is 4.36. The third-order valence-electron chi connectivity index (χ3n) is 4.29. The van der Waals surface area contributed by atoms with Crippen molar-refractivity contribution in [2.45, 2.75) is 25.7 Å². The van der Waals surface area contributed by atoms with Crippen LogP contribution in [0.3, 0.4) is 0 Å². The predicted molar refractivity (Wildman–Crippen MR) is 85.3 cm³/mol. The lowest BCUT2D eigenvalue weighted by atomic mass is 9.87. The minimum Gasteiger partial charge on any atom is -0.352 e. The minimum absolute atomic E-state index is 0.0760. The average Bonchev–Trinajstić information content (AvgIpc) is 2.52. The van der Waals surface area contributed by atoms with Crippen LogP contribution in [0.25, 0.3) is 0 Å². The Kier molecular flexibility index (Phi) is 4.34. The van der Waals surface area contributed by atoms with Crippen molar-refractivity contribution in [3.05, 3.63) is 71.3 Å². The largest absolute Gasteiger partial charge is 0.352 e. The van der Waals surface area contributed by atoms with E-state index < -0.39 is 0 Å². The van der Waals surface area contributed by atoms with Crippen LogP contribution in [0, 0.1) is 5.92 Å². The minimum atomic E-state index is 0.0760. The quantitative estimate of drug-likeness (QED) is 0.913. The average molecular weight is 279 g/mol. The third-order valence-corrected chi connectivity index (χ3v) is 4.29. The Bertz CT molecular complexity index is 606. The number of rotatable bonds is 3. The molecule has 1 N–H and O–H groups in total. The maximum atomic E-state index is 12.0. The molecule has 0 unspecified atom stereocenters. The van der Waals surface area contributed by atoms with Gasteiger partial charge in [-0.3, -0.25) is 4.79 Å². The molecule has 1 aliphatic heterocycles. The summed E-state index contributed by atoms with van der Waals surface area (Å²) in [4.78, 5) is 12.0.